The minimum Gasteiger partial charge on any atom is -0.380 e. The van der Waals surface area contributed by atoms with Gasteiger partial charge in [-0.25, -0.2) is 0 Å². The molecule has 0 aliphatic carbocycles. The average molecular weight is 212 g/mol. The molecule has 4 heteroatoms. The molecule has 0 aromatic rings. The van der Waals surface area contributed by atoms with Gasteiger partial charge in [-0.1, -0.05) is 6.08 Å². The molecule has 0 spiro atoms. The molecular weight excluding hydrogens is 192 g/mol. The zero-order valence-electron chi connectivity index (χ0n) is 9.29. The van der Waals surface area contributed by atoms with Crippen molar-refractivity contribution in [2.24, 2.45) is 0 Å². The van der Waals surface area contributed by atoms with E-state index in [1.165, 1.54) is 0 Å². The molecule has 0 radical (unpaired) electrons. The Kier molecular flexibility index (Phi) is 5.36. The molecular formula is C11H20N2O2. The topological polar surface area (TPSA) is 50.4 Å². The molecule has 1 rings (SSSR count). The first-order valence-corrected chi connectivity index (χ1v) is 5.46. The van der Waals surface area contributed by atoms with Gasteiger partial charge in [0.15, 0.2) is 0 Å². The largest absolute Gasteiger partial charge is 0.380 e. The van der Waals surface area contributed by atoms with Gasteiger partial charge in [-0.15, -0.1) is 6.58 Å². The Morgan fingerprint density at radius 1 is 1.73 bits per heavy atom. The average Bonchev–Trinajstić information content (AvgIpc) is 2.27. The summed E-state index contributed by atoms with van der Waals surface area (Å²) < 4.78 is 5.33. The Morgan fingerprint density at radius 3 is 3.13 bits per heavy atom. The quantitative estimate of drug-likeness (QED) is 0.650. The normalized spacial score (nSPS) is 23.1. The molecule has 2 atom stereocenters. The third-order valence-electron chi connectivity index (χ3n) is 2.46. The standard InChI is InChI=1S/C11H20N2O2/c1-3-6-12-11(14)9(2)13-10-5-4-7-15-8-10/h3,9-10,13H,1,4-8H2,2H3,(H,12,14). The highest BCUT2D eigenvalue weighted by molar-refractivity contribution is 5.81. The maximum absolute atomic E-state index is 11.5. The SMILES string of the molecule is C=CCNC(=O)C(C)NC1CCCOC1. The van der Waals surface area contributed by atoms with E-state index < -0.39 is 0 Å². The highest BCUT2D eigenvalue weighted by Crippen LogP contribution is 2.06. The summed E-state index contributed by atoms with van der Waals surface area (Å²) in [6.45, 7) is 7.49. The maximum Gasteiger partial charge on any atom is 0.237 e. The van der Waals surface area contributed by atoms with Crippen LogP contribution in [0, 0.1) is 0 Å². The molecule has 1 heterocycles. The molecule has 1 fully saturated rings. The maximum atomic E-state index is 11.5. The smallest absolute Gasteiger partial charge is 0.237 e. The van der Waals surface area contributed by atoms with Crippen molar-refractivity contribution in [3.8, 4) is 0 Å². The van der Waals surface area contributed by atoms with Gasteiger partial charge >= 0.3 is 0 Å². The van der Waals surface area contributed by atoms with Crippen LogP contribution in [-0.4, -0.2) is 37.7 Å². The highest BCUT2D eigenvalue weighted by Gasteiger charge is 2.19. The number of rotatable bonds is 5. The van der Waals surface area contributed by atoms with Gasteiger partial charge in [0.2, 0.25) is 5.91 Å². The van der Waals surface area contributed by atoms with E-state index in [2.05, 4.69) is 17.2 Å². The van der Waals surface area contributed by atoms with Crippen LogP contribution >= 0.6 is 0 Å². The predicted octanol–water partition coefficient (Wildman–Crippen LogP) is 0.446. The van der Waals surface area contributed by atoms with Crippen molar-refractivity contribution in [3.63, 3.8) is 0 Å². The van der Waals surface area contributed by atoms with Crippen molar-refractivity contribution < 1.29 is 9.53 Å². The molecule has 1 aliphatic heterocycles. The minimum atomic E-state index is -0.170. The van der Waals surface area contributed by atoms with E-state index in [1.54, 1.807) is 6.08 Å². The minimum absolute atomic E-state index is 0.0143. The van der Waals surface area contributed by atoms with Crippen LogP contribution in [0.5, 0.6) is 0 Å². The first-order chi connectivity index (χ1) is 7.24. The summed E-state index contributed by atoms with van der Waals surface area (Å²) in [6.07, 6.45) is 3.83. The van der Waals surface area contributed by atoms with Crippen molar-refractivity contribution in [1.29, 1.82) is 0 Å². The van der Waals surface area contributed by atoms with Gasteiger partial charge in [0.1, 0.15) is 0 Å². The van der Waals surface area contributed by atoms with E-state index in [1.807, 2.05) is 6.92 Å². The first kappa shape index (κ1) is 12.2. The van der Waals surface area contributed by atoms with Gasteiger partial charge in [-0.3, -0.25) is 4.79 Å². The summed E-state index contributed by atoms with van der Waals surface area (Å²) in [5, 5.41) is 6.02. The second-order valence-electron chi connectivity index (χ2n) is 3.84. The van der Waals surface area contributed by atoms with E-state index in [9.17, 15) is 4.79 Å². The number of amides is 1. The summed E-state index contributed by atoms with van der Waals surface area (Å²) in [5.74, 6) is 0.0143. The Bertz CT molecular complexity index is 213. The number of carbonyl (C=O) groups is 1. The Balaban J connectivity index is 2.23. The molecule has 15 heavy (non-hydrogen) atoms. The fraction of sp³-hybridized carbons (Fsp3) is 0.727. The number of ether oxygens (including phenoxy) is 1. The summed E-state index contributed by atoms with van der Waals surface area (Å²) in [6, 6.07) is 0.139. The van der Waals surface area contributed by atoms with Gasteiger partial charge in [0.25, 0.3) is 0 Å². The zero-order valence-corrected chi connectivity index (χ0v) is 9.29. The van der Waals surface area contributed by atoms with Gasteiger partial charge in [-0.2, -0.15) is 0 Å². The van der Waals surface area contributed by atoms with Crippen molar-refractivity contribution >= 4 is 5.91 Å². The fourth-order valence-electron chi connectivity index (χ4n) is 1.63. The van der Waals surface area contributed by atoms with Crippen LogP contribution in [0.15, 0.2) is 12.7 Å². The predicted molar refractivity (Wildman–Crippen MR) is 59.6 cm³/mol. The van der Waals surface area contributed by atoms with Crippen LogP contribution in [-0.2, 0) is 9.53 Å². The van der Waals surface area contributed by atoms with Crippen LogP contribution in [0.25, 0.3) is 0 Å². The molecule has 4 nitrogen and oxygen atoms in total. The zero-order chi connectivity index (χ0) is 11.1. The summed E-state index contributed by atoms with van der Waals surface area (Å²) >= 11 is 0. The van der Waals surface area contributed by atoms with E-state index in [-0.39, 0.29) is 11.9 Å². The lowest BCUT2D eigenvalue weighted by molar-refractivity contribution is -0.122. The van der Waals surface area contributed by atoms with Gasteiger partial charge in [0, 0.05) is 19.2 Å². The van der Waals surface area contributed by atoms with Crippen LogP contribution in [0.1, 0.15) is 19.8 Å². The summed E-state index contributed by atoms with van der Waals surface area (Å²) in [4.78, 5) is 11.5. The van der Waals surface area contributed by atoms with Crippen molar-refractivity contribution in [3.05, 3.63) is 12.7 Å². The second kappa shape index (κ2) is 6.58. The number of hydrogen-bond donors (Lipinski definition) is 2. The lowest BCUT2D eigenvalue weighted by atomic mass is 10.1. The van der Waals surface area contributed by atoms with Gasteiger partial charge in [-0.05, 0) is 19.8 Å². The molecule has 2 N–H and O–H groups in total. The molecule has 1 saturated heterocycles. The Morgan fingerprint density at radius 2 is 2.53 bits per heavy atom. The lowest BCUT2D eigenvalue weighted by Gasteiger charge is -2.26. The summed E-state index contributed by atoms with van der Waals surface area (Å²) in [7, 11) is 0. The Hall–Kier alpha value is -0.870. The molecule has 1 aliphatic rings. The van der Waals surface area contributed by atoms with Crippen LogP contribution in [0.4, 0.5) is 0 Å². The van der Waals surface area contributed by atoms with E-state index in [0.717, 1.165) is 19.4 Å². The molecule has 0 aromatic carbocycles. The fourth-order valence-corrected chi connectivity index (χ4v) is 1.63. The number of carbonyl (C=O) groups excluding carboxylic acids is 1. The van der Waals surface area contributed by atoms with Crippen LogP contribution in [0.3, 0.4) is 0 Å². The molecule has 86 valence electrons. The Labute approximate surface area is 91.1 Å². The third-order valence-corrected chi connectivity index (χ3v) is 2.46. The monoisotopic (exact) mass is 212 g/mol. The lowest BCUT2D eigenvalue weighted by Crippen LogP contribution is -2.49. The van der Waals surface area contributed by atoms with Crippen molar-refractivity contribution in [1.82, 2.24) is 10.6 Å². The number of nitrogens with one attached hydrogen (secondary N) is 2. The van der Waals surface area contributed by atoms with Crippen molar-refractivity contribution in [2.75, 3.05) is 19.8 Å². The first-order valence-electron chi connectivity index (χ1n) is 5.46. The second-order valence-corrected chi connectivity index (χ2v) is 3.84. The summed E-state index contributed by atoms with van der Waals surface area (Å²) in [5.41, 5.74) is 0. The molecule has 0 bridgehead atoms. The molecule has 1 amide bonds. The molecule has 2 unspecified atom stereocenters. The van der Waals surface area contributed by atoms with Crippen LogP contribution < -0.4 is 10.6 Å². The van der Waals surface area contributed by atoms with E-state index >= 15 is 0 Å². The van der Waals surface area contributed by atoms with Crippen LogP contribution in [0.2, 0.25) is 0 Å². The van der Waals surface area contributed by atoms with E-state index in [0.29, 0.717) is 19.2 Å². The van der Waals surface area contributed by atoms with Gasteiger partial charge in [0.05, 0.1) is 12.6 Å². The van der Waals surface area contributed by atoms with E-state index in [4.69, 9.17) is 4.74 Å². The third kappa shape index (κ3) is 4.44. The highest BCUT2D eigenvalue weighted by atomic mass is 16.5. The molecule has 0 saturated carbocycles. The molecule has 0 aromatic heterocycles. The number of hydrogen-bond acceptors (Lipinski definition) is 3. The van der Waals surface area contributed by atoms with Crippen molar-refractivity contribution in [2.45, 2.75) is 31.8 Å². The van der Waals surface area contributed by atoms with Gasteiger partial charge < -0.3 is 15.4 Å².